The molecule has 0 aliphatic heterocycles. The third kappa shape index (κ3) is 4.90. The van der Waals surface area contributed by atoms with Crippen LogP contribution in [0.2, 0.25) is 0 Å². The molecule has 0 aromatic heterocycles. The van der Waals surface area contributed by atoms with E-state index in [9.17, 15) is 9.59 Å². The van der Waals surface area contributed by atoms with Crippen molar-refractivity contribution in [2.45, 2.75) is 25.0 Å². The van der Waals surface area contributed by atoms with Crippen molar-refractivity contribution in [3.05, 3.63) is 37.3 Å². The Kier molecular flexibility index (Phi) is 5.91. The summed E-state index contributed by atoms with van der Waals surface area (Å²) in [6.45, 7) is 6.47. The lowest BCUT2D eigenvalue weighted by molar-refractivity contribution is 0.00900. The van der Waals surface area contributed by atoms with E-state index in [-0.39, 0.29) is 6.42 Å². The summed E-state index contributed by atoms with van der Waals surface area (Å²) in [5.74, 6) is 2.43. The molecule has 1 rings (SSSR count). The number of ether oxygens (including phenoxy) is 4. The van der Waals surface area contributed by atoms with Crippen LogP contribution in [0.5, 0.6) is 0 Å². The summed E-state index contributed by atoms with van der Waals surface area (Å²) < 4.78 is 18.9. The summed E-state index contributed by atoms with van der Waals surface area (Å²) in [7, 11) is 0. The quantitative estimate of drug-likeness (QED) is 0.447. The van der Waals surface area contributed by atoms with Crippen LogP contribution in [0.3, 0.4) is 0 Å². The number of hydrogen-bond donors (Lipinski definition) is 0. The third-order valence-corrected chi connectivity index (χ3v) is 2.38. The first-order chi connectivity index (χ1) is 9.58. The second-order valence-corrected chi connectivity index (χ2v) is 3.74. The molecule has 20 heavy (non-hydrogen) atoms. The van der Waals surface area contributed by atoms with Gasteiger partial charge in [-0.25, -0.2) is 9.59 Å². The maximum atomic E-state index is 11.2. The summed E-state index contributed by atoms with van der Waals surface area (Å²) in [5, 5.41) is 0. The summed E-state index contributed by atoms with van der Waals surface area (Å²) in [4.78, 5) is 22.4. The van der Waals surface area contributed by atoms with Crippen LogP contribution in [0.1, 0.15) is 12.8 Å². The summed E-state index contributed by atoms with van der Waals surface area (Å²) >= 11 is 0. The Balaban J connectivity index is 2.65. The first-order valence-corrected chi connectivity index (χ1v) is 5.72. The highest BCUT2D eigenvalue weighted by atomic mass is 16.7. The van der Waals surface area contributed by atoms with Crippen molar-refractivity contribution in [1.82, 2.24) is 0 Å². The molecule has 0 fully saturated rings. The first-order valence-electron chi connectivity index (χ1n) is 5.72. The van der Waals surface area contributed by atoms with Gasteiger partial charge in [0.05, 0.1) is 12.5 Å². The fraction of sp³-hybridized carbons (Fsp3) is 0.286. The van der Waals surface area contributed by atoms with Crippen molar-refractivity contribution in [3.63, 3.8) is 0 Å². The minimum Gasteiger partial charge on any atom is -0.430 e. The van der Waals surface area contributed by atoms with Gasteiger partial charge in [0.1, 0.15) is 12.2 Å². The van der Waals surface area contributed by atoms with Crippen LogP contribution >= 0.6 is 0 Å². The molecule has 0 N–H and O–H groups in total. The van der Waals surface area contributed by atoms with Crippen LogP contribution in [0.25, 0.3) is 0 Å². The molecule has 6 nitrogen and oxygen atoms in total. The molecule has 0 heterocycles. The van der Waals surface area contributed by atoms with Crippen LogP contribution in [0, 0.1) is 12.3 Å². The number of rotatable bonds is 4. The molecule has 0 unspecified atom stereocenters. The lowest BCUT2D eigenvalue weighted by Crippen LogP contribution is -2.30. The second kappa shape index (κ2) is 7.69. The van der Waals surface area contributed by atoms with Crippen molar-refractivity contribution in [3.8, 4) is 12.3 Å². The number of terminal acetylenes is 1. The topological polar surface area (TPSA) is 71.1 Å². The SMILES string of the molecule is C#CC1=C[C@H](OC(=O)OC=C)C[C@H](OC(=O)OC=C)C1. The molecule has 6 heteroatoms. The number of carbonyl (C=O) groups is 2. The molecule has 106 valence electrons. The van der Waals surface area contributed by atoms with E-state index in [1.807, 2.05) is 0 Å². The minimum atomic E-state index is -0.910. The molecule has 0 saturated carbocycles. The highest BCUT2D eigenvalue weighted by molar-refractivity contribution is 5.62. The van der Waals surface area contributed by atoms with Crippen molar-refractivity contribution in [2.75, 3.05) is 0 Å². The average molecular weight is 278 g/mol. The van der Waals surface area contributed by atoms with Crippen molar-refractivity contribution >= 4 is 12.3 Å². The second-order valence-electron chi connectivity index (χ2n) is 3.74. The van der Waals surface area contributed by atoms with Gasteiger partial charge in [0, 0.05) is 18.4 Å². The molecule has 0 aromatic rings. The van der Waals surface area contributed by atoms with Gasteiger partial charge in [0.2, 0.25) is 0 Å². The zero-order valence-corrected chi connectivity index (χ0v) is 10.7. The van der Waals surface area contributed by atoms with Crippen LogP contribution < -0.4 is 0 Å². The molecule has 0 radical (unpaired) electrons. The van der Waals surface area contributed by atoms with Crippen LogP contribution in [0.4, 0.5) is 9.59 Å². The molecule has 0 spiro atoms. The first kappa shape index (κ1) is 15.4. The highest BCUT2D eigenvalue weighted by Gasteiger charge is 2.28. The van der Waals surface area contributed by atoms with E-state index in [0.29, 0.717) is 12.0 Å². The maximum Gasteiger partial charge on any atom is 0.513 e. The van der Waals surface area contributed by atoms with Gasteiger partial charge in [-0.2, -0.15) is 0 Å². The highest BCUT2D eigenvalue weighted by Crippen LogP contribution is 2.23. The van der Waals surface area contributed by atoms with E-state index < -0.39 is 24.5 Å². The predicted octanol–water partition coefficient (Wildman–Crippen LogP) is 2.67. The molecular formula is C14H14O6. The summed E-state index contributed by atoms with van der Waals surface area (Å²) in [5.41, 5.74) is 0.559. The normalized spacial score (nSPS) is 20.6. The van der Waals surface area contributed by atoms with E-state index >= 15 is 0 Å². The molecule has 1 aliphatic carbocycles. The van der Waals surface area contributed by atoms with Crippen molar-refractivity contribution in [1.29, 1.82) is 0 Å². The van der Waals surface area contributed by atoms with E-state index in [1.165, 1.54) is 0 Å². The molecule has 2 atom stereocenters. The van der Waals surface area contributed by atoms with E-state index in [4.69, 9.17) is 15.9 Å². The monoisotopic (exact) mass is 278 g/mol. The molecule has 0 bridgehead atoms. The maximum absolute atomic E-state index is 11.2. The Labute approximate surface area is 116 Å². The Hall–Kier alpha value is -2.68. The van der Waals surface area contributed by atoms with E-state index in [0.717, 1.165) is 12.5 Å². The Morgan fingerprint density at radius 2 is 1.85 bits per heavy atom. The van der Waals surface area contributed by atoms with Gasteiger partial charge in [-0.05, 0) is 6.08 Å². The minimum absolute atomic E-state index is 0.254. The Bertz CT molecular complexity index is 471. The predicted molar refractivity (Wildman–Crippen MR) is 69.3 cm³/mol. The van der Waals surface area contributed by atoms with Gasteiger partial charge in [-0.3, -0.25) is 0 Å². The van der Waals surface area contributed by atoms with E-state index in [2.05, 4.69) is 28.6 Å². The Morgan fingerprint density at radius 1 is 1.25 bits per heavy atom. The number of carbonyl (C=O) groups excluding carboxylic acids is 2. The van der Waals surface area contributed by atoms with Gasteiger partial charge >= 0.3 is 12.3 Å². The van der Waals surface area contributed by atoms with Crippen LogP contribution in [0.15, 0.2) is 37.3 Å². The van der Waals surface area contributed by atoms with Crippen molar-refractivity contribution < 1.29 is 28.5 Å². The fourth-order valence-corrected chi connectivity index (χ4v) is 1.68. The lowest BCUT2D eigenvalue weighted by Gasteiger charge is -2.25. The number of hydrogen-bond acceptors (Lipinski definition) is 6. The third-order valence-electron chi connectivity index (χ3n) is 2.38. The standard InChI is InChI=1S/C14H14O6/c1-4-10-7-11(19-13(15)17-5-2)9-12(8-10)20-14(16)18-6-3/h1,5-7,11-12H,2-3,8-9H2/t11-,12+/m0/s1. The van der Waals surface area contributed by atoms with Gasteiger partial charge in [0.25, 0.3) is 0 Å². The Morgan fingerprint density at radius 3 is 2.40 bits per heavy atom. The van der Waals surface area contributed by atoms with Crippen molar-refractivity contribution in [2.24, 2.45) is 0 Å². The fourth-order valence-electron chi connectivity index (χ4n) is 1.68. The van der Waals surface area contributed by atoms with E-state index in [1.54, 1.807) is 6.08 Å². The summed E-state index contributed by atoms with van der Waals surface area (Å²) in [6, 6.07) is 0. The molecule has 0 amide bonds. The molecule has 0 aromatic carbocycles. The zero-order chi connectivity index (χ0) is 15.0. The van der Waals surface area contributed by atoms with Gasteiger partial charge in [-0.1, -0.05) is 19.1 Å². The van der Waals surface area contributed by atoms with Crippen LogP contribution in [-0.4, -0.2) is 24.5 Å². The largest absolute Gasteiger partial charge is 0.513 e. The van der Waals surface area contributed by atoms with Gasteiger partial charge in [0.15, 0.2) is 0 Å². The van der Waals surface area contributed by atoms with Gasteiger partial charge in [-0.15, -0.1) is 6.42 Å². The smallest absolute Gasteiger partial charge is 0.430 e. The molecule has 1 aliphatic rings. The lowest BCUT2D eigenvalue weighted by atomic mass is 9.95. The van der Waals surface area contributed by atoms with Crippen LogP contribution in [-0.2, 0) is 18.9 Å². The van der Waals surface area contributed by atoms with Gasteiger partial charge < -0.3 is 18.9 Å². The molecular weight excluding hydrogens is 264 g/mol. The zero-order valence-electron chi connectivity index (χ0n) is 10.7. The average Bonchev–Trinajstić information content (AvgIpc) is 2.38. The molecule has 0 saturated heterocycles. The summed E-state index contributed by atoms with van der Waals surface area (Å²) in [6.07, 6.45) is 6.41.